The first kappa shape index (κ1) is 18.5. The first-order valence-corrected chi connectivity index (χ1v) is 10.9. The van der Waals surface area contributed by atoms with E-state index in [1.807, 2.05) is 25.7 Å². The van der Waals surface area contributed by atoms with E-state index in [1.54, 1.807) is 0 Å². The maximum atomic E-state index is 12.3. The molecule has 1 amide bonds. The number of hydrogen-bond acceptors (Lipinski definition) is 3. The molecule has 0 aromatic rings. The van der Waals surface area contributed by atoms with Gasteiger partial charge in [-0.15, -0.1) is 0 Å². The van der Waals surface area contributed by atoms with Gasteiger partial charge >= 0.3 is 6.09 Å². The van der Waals surface area contributed by atoms with Gasteiger partial charge in [-0.05, 0) is 51.7 Å². The molecule has 1 rings (SSSR count). The maximum Gasteiger partial charge on any atom is 0.410 e. The Morgan fingerprint density at radius 2 is 1.76 bits per heavy atom. The molecule has 0 N–H and O–H groups in total. The SMILES string of the molecule is CC(C)(C)OC(=O)N1CCC[C@H]1CO[Si](C)(C)C(C)(C)C. The van der Waals surface area contributed by atoms with E-state index in [9.17, 15) is 4.79 Å². The van der Waals surface area contributed by atoms with Gasteiger partial charge in [0.1, 0.15) is 5.60 Å². The Balaban J connectivity index is 2.61. The van der Waals surface area contributed by atoms with Crippen molar-refractivity contribution in [3.63, 3.8) is 0 Å². The van der Waals surface area contributed by atoms with E-state index in [1.165, 1.54) is 0 Å². The van der Waals surface area contributed by atoms with E-state index >= 15 is 0 Å². The number of amides is 1. The summed E-state index contributed by atoms with van der Waals surface area (Å²) in [4.78, 5) is 14.1. The number of ether oxygens (including phenoxy) is 1. The van der Waals surface area contributed by atoms with Gasteiger partial charge in [-0.1, -0.05) is 20.8 Å². The molecule has 5 heteroatoms. The van der Waals surface area contributed by atoms with Crippen LogP contribution in [0.15, 0.2) is 0 Å². The molecule has 1 aliphatic heterocycles. The minimum atomic E-state index is -1.76. The summed E-state index contributed by atoms with van der Waals surface area (Å²) in [7, 11) is -1.76. The third-order valence-electron chi connectivity index (χ3n) is 4.45. The topological polar surface area (TPSA) is 38.8 Å². The monoisotopic (exact) mass is 315 g/mol. The van der Waals surface area contributed by atoms with Crippen molar-refractivity contribution in [1.82, 2.24) is 4.90 Å². The highest BCUT2D eigenvalue weighted by atomic mass is 28.4. The number of carbonyl (C=O) groups is 1. The highest BCUT2D eigenvalue weighted by Gasteiger charge is 2.39. The van der Waals surface area contributed by atoms with Crippen molar-refractivity contribution in [3.8, 4) is 0 Å². The van der Waals surface area contributed by atoms with E-state index in [2.05, 4.69) is 33.9 Å². The molecule has 1 heterocycles. The predicted molar refractivity (Wildman–Crippen MR) is 89.1 cm³/mol. The zero-order chi connectivity index (χ0) is 16.5. The average Bonchev–Trinajstić information content (AvgIpc) is 2.70. The van der Waals surface area contributed by atoms with Crippen LogP contribution in [-0.2, 0) is 9.16 Å². The van der Waals surface area contributed by atoms with E-state index in [4.69, 9.17) is 9.16 Å². The zero-order valence-electron chi connectivity index (χ0n) is 15.1. The van der Waals surface area contributed by atoms with E-state index in [0.717, 1.165) is 19.4 Å². The minimum absolute atomic E-state index is 0.161. The van der Waals surface area contributed by atoms with Crippen molar-refractivity contribution in [2.24, 2.45) is 0 Å². The number of nitrogens with zero attached hydrogens (tertiary/aromatic N) is 1. The molecular formula is C16H33NO3Si. The van der Waals surface area contributed by atoms with Crippen LogP contribution < -0.4 is 0 Å². The lowest BCUT2D eigenvalue weighted by molar-refractivity contribution is 0.0182. The summed E-state index contributed by atoms with van der Waals surface area (Å²) in [6.45, 7) is 18.3. The summed E-state index contributed by atoms with van der Waals surface area (Å²) >= 11 is 0. The normalized spacial score (nSPS) is 20.8. The Labute approximate surface area is 131 Å². The van der Waals surface area contributed by atoms with Crippen molar-refractivity contribution in [2.75, 3.05) is 13.2 Å². The number of likely N-dealkylation sites (tertiary alicyclic amines) is 1. The largest absolute Gasteiger partial charge is 0.444 e. The summed E-state index contributed by atoms with van der Waals surface area (Å²) in [5.41, 5.74) is -0.440. The lowest BCUT2D eigenvalue weighted by Crippen LogP contribution is -2.46. The molecule has 0 unspecified atom stereocenters. The third-order valence-corrected chi connectivity index (χ3v) is 8.95. The number of rotatable bonds is 3. The van der Waals surface area contributed by atoms with E-state index < -0.39 is 13.9 Å². The molecule has 1 aliphatic rings. The molecule has 1 atom stereocenters. The summed E-state index contributed by atoms with van der Waals surface area (Å²) in [5, 5.41) is 0.197. The Morgan fingerprint density at radius 1 is 1.19 bits per heavy atom. The van der Waals surface area contributed by atoms with Gasteiger partial charge in [-0.25, -0.2) is 4.79 Å². The second-order valence-corrected chi connectivity index (χ2v) is 13.4. The van der Waals surface area contributed by atoms with Gasteiger partial charge in [-0.3, -0.25) is 0 Å². The third kappa shape index (κ3) is 5.29. The maximum absolute atomic E-state index is 12.3. The van der Waals surface area contributed by atoms with Crippen LogP contribution in [0.2, 0.25) is 18.1 Å². The fourth-order valence-electron chi connectivity index (χ4n) is 2.09. The summed E-state index contributed by atoms with van der Waals surface area (Å²) in [6, 6.07) is 0.161. The molecule has 0 radical (unpaired) electrons. The van der Waals surface area contributed by atoms with Gasteiger partial charge in [-0.2, -0.15) is 0 Å². The Kier molecular flexibility index (Phi) is 5.54. The molecule has 0 bridgehead atoms. The van der Waals surface area contributed by atoms with Crippen LogP contribution in [0.5, 0.6) is 0 Å². The van der Waals surface area contributed by atoms with Crippen LogP contribution >= 0.6 is 0 Å². The first-order valence-electron chi connectivity index (χ1n) is 7.97. The molecule has 21 heavy (non-hydrogen) atoms. The van der Waals surface area contributed by atoms with Gasteiger partial charge in [0.05, 0.1) is 12.6 Å². The van der Waals surface area contributed by atoms with Gasteiger partial charge in [0, 0.05) is 6.54 Å². The fourth-order valence-corrected chi connectivity index (χ4v) is 3.13. The number of hydrogen-bond donors (Lipinski definition) is 0. The lowest BCUT2D eigenvalue weighted by atomic mass is 10.2. The van der Waals surface area contributed by atoms with Crippen molar-refractivity contribution >= 4 is 14.4 Å². The zero-order valence-corrected chi connectivity index (χ0v) is 16.1. The summed E-state index contributed by atoms with van der Waals surface area (Å²) in [5.74, 6) is 0. The van der Waals surface area contributed by atoms with Gasteiger partial charge in [0.15, 0.2) is 8.32 Å². The van der Waals surface area contributed by atoms with Crippen molar-refractivity contribution < 1.29 is 14.0 Å². The predicted octanol–water partition coefficient (Wildman–Crippen LogP) is 4.41. The molecule has 4 nitrogen and oxygen atoms in total. The average molecular weight is 316 g/mol. The van der Waals surface area contributed by atoms with Crippen LogP contribution in [0.4, 0.5) is 4.79 Å². The molecule has 0 saturated carbocycles. The summed E-state index contributed by atoms with van der Waals surface area (Å²) in [6.07, 6.45) is 1.84. The highest BCUT2D eigenvalue weighted by Crippen LogP contribution is 2.37. The Hall–Kier alpha value is -0.553. The Morgan fingerprint density at radius 3 is 2.24 bits per heavy atom. The molecule has 1 saturated heterocycles. The van der Waals surface area contributed by atoms with Crippen LogP contribution in [-0.4, -0.2) is 44.1 Å². The van der Waals surface area contributed by atoms with Gasteiger partial charge < -0.3 is 14.1 Å². The van der Waals surface area contributed by atoms with Crippen molar-refractivity contribution in [1.29, 1.82) is 0 Å². The quantitative estimate of drug-likeness (QED) is 0.724. The molecule has 124 valence electrons. The van der Waals surface area contributed by atoms with Gasteiger partial charge in [0.25, 0.3) is 0 Å². The first-order chi connectivity index (χ1) is 9.33. The van der Waals surface area contributed by atoms with E-state index in [0.29, 0.717) is 6.61 Å². The van der Waals surface area contributed by atoms with Gasteiger partial charge in [0.2, 0.25) is 0 Å². The van der Waals surface area contributed by atoms with Crippen LogP contribution in [0.1, 0.15) is 54.4 Å². The van der Waals surface area contributed by atoms with Crippen LogP contribution in [0.25, 0.3) is 0 Å². The lowest BCUT2D eigenvalue weighted by Gasteiger charge is -2.38. The minimum Gasteiger partial charge on any atom is -0.444 e. The molecule has 1 fully saturated rings. The molecule has 0 spiro atoms. The number of carbonyl (C=O) groups excluding carboxylic acids is 1. The molecule has 0 aliphatic carbocycles. The van der Waals surface area contributed by atoms with E-state index in [-0.39, 0.29) is 17.2 Å². The second-order valence-electron chi connectivity index (χ2n) is 8.54. The van der Waals surface area contributed by atoms with Crippen molar-refractivity contribution in [2.45, 2.75) is 84.2 Å². The molecular weight excluding hydrogens is 282 g/mol. The molecule has 0 aromatic heterocycles. The van der Waals surface area contributed by atoms with Crippen LogP contribution in [0, 0.1) is 0 Å². The van der Waals surface area contributed by atoms with Crippen LogP contribution in [0.3, 0.4) is 0 Å². The smallest absolute Gasteiger partial charge is 0.410 e. The molecule has 0 aromatic carbocycles. The fraction of sp³-hybridized carbons (Fsp3) is 0.938. The Bertz CT molecular complexity index is 369. The second kappa shape index (κ2) is 6.29. The standard InChI is InChI=1S/C16H33NO3Si/c1-15(2,3)20-14(18)17-11-9-10-13(17)12-19-21(7,8)16(4,5)6/h13H,9-12H2,1-8H3/t13-/m0/s1. The highest BCUT2D eigenvalue weighted by molar-refractivity contribution is 6.74. The van der Waals surface area contributed by atoms with Crippen molar-refractivity contribution in [3.05, 3.63) is 0 Å². The summed E-state index contributed by atoms with van der Waals surface area (Å²) < 4.78 is 11.8.